The van der Waals surface area contributed by atoms with E-state index in [0.717, 1.165) is 37.2 Å². The average molecular weight is 509 g/mol. The summed E-state index contributed by atoms with van der Waals surface area (Å²) >= 11 is 0. The van der Waals surface area contributed by atoms with Gasteiger partial charge in [0.05, 0.1) is 24.3 Å². The third kappa shape index (κ3) is 6.92. The molecule has 1 amide bonds. The summed E-state index contributed by atoms with van der Waals surface area (Å²) in [5.74, 6) is -0.0536. The first-order valence-electron chi connectivity index (χ1n) is 13.3. The second kappa shape index (κ2) is 13.3. The zero-order valence-electron chi connectivity index (χ0n) is 22.7. The Labute approximate surface area is 220 Å². The van der Waals surface area contributed by atoms with Crippen molar-refractivity contribution in [2.24, 2.45) is 0 Å². The van der Waals surface area contributed by atoms with Crippen LogP contribution in [-0.4, -0.2) is 65.5 Å². The van der Waals surface area contributed by atoms with Crippen LogP contribution in [0.3, 0.4) is 0 Å². The van der Waals surface area contributed by atoms with Gasteiger partial charge in [0, 0.05) is 18.7 Å². The highest BCUT2D eigenvalue weighted by atomic mass is 16.5. The lowest BCUT2D eigenvalue weighted by atomic mass is 9.95. The molecule has 1 N–H and O–H groups in total. The van der Waals surface area contributed by atoms with Crippen molar-refractivity contribution in [2.75, 3.05) is 32.8 Å². The molecular formula is C30H40N2O5. The highest BCUT2D eigenvalue weighted by molar-refractivity contribution is 6.46. The number of ketones is 1. The van der Waals surface area contributed by atoms with Gasteiger partial charge in [0.15, 0.2) is 0 Å². The van der Waals surface area contributed by atoms with Crippen LogP contribution in [0.2, 0.25) is 0 Å². The lowest BCUT2D eigenvalue weighted by Gasteiger charge is -2.28. The minimum absolute atomic E-state index is 0.0181. The largest absolute Gasteiger partial charge is 0.507 e. The van der Waals surface area contributed by atoms with Gasteiger partial charge in [-0.1, -0.05) is 39.3 Å². The van der Waals surface area contributed by atoms with Crippen molar-refractivity contribution in [1.82, 2.24) is 9.80 Å². The highest BCUT2D eigenvalue weighted by Crippen LogP contribution is 2.40. The lowest BCUT2D eigenvalue weighted by molar-refractivity contribution is -0.140. The quantitative estimate of drug-likeness (QED) is 0.169. The number of likely N-dealkylation sites (tertiary alicyclic amines) is 1. The monoisotopic (exact) mass is 508 g/mol. The zero-order valence-corrected chi connectivity index (χ0v) is 22.7. The van der Waals surface area contributed by atoms with E-state index in [1.54, 1.807) is 29.2 Å². The molecule has 1 aliphatic heterocycles. The van der Waals surface area contributed by atoms with E-state index in [-0.39, 0.29) is 17.4 Å². The topological polar surface area (TPSA) is 79.3 Å². The molecule has 7 heteroatoms. The van der Waals surface area contributed by atoms with Crippen molar-refractivity contribution in [3.05, 3.63) is 65.2 Å². The van der Waals surface area contributed by atoms with Crippen LogP contribution < -0.4 is 9.47 Å². The van der Waals surface area contributed by atoms with Crippen molar-refractivity contribution >= 4 is 17.4 Å². The summed E-state index contributed by atoms with van der Waals surface area (Å²) in [6.07, 6.45) is 2.03. The summed E-state index contributed by atoms with van der Waals surface area (Å²) in [6, 6.07) is 13.7. The molecule has 1 heterocycles. The molecule has 1 unspecified atom stereocenters. The van der Waals surface area contributed by atoms with Crippen molar-refractivity contribution in [3.63, 3.8) is 0 Å². The smallest absolute Gasteiger partial charge is 0.295 e. The molecule has 37 heavy (non-hydrogen) atoms. The first-order chi connectivity index (χ1) is 17.8. The lowest BCUT2D eigenvalue weighted by Crippen LogP contribution is -2.38. The fourth-order valence-electron chi connectivity index (χ4n) is 4.45. The van der Waals surface area contributed by atoms with Gasteiger partial charge in [0.25, 0.3) is 11.7 Å². The number of hydrogen-bond acceptors (Lipinski definition) is 6. The molecule has 3 rings (SSSR count). The van der Waals surface area contributed by atoms with E-state index >= 15 is 0 Å². The number of carbonyl (C=O) groups is 2. The number of aliphatic hydroxyl groups excluding tert-OH is 1. The average Bonchev–Trinajstić information content (AvgIpc) is 3.14. The van der Waals surface area contributed by atoms with E-state index in [1.165, 1.54) is 0 Å². The number of benzene rings is 2. The Morgan fingerprint density at radius 2 is 1.59 bits per heavy atom. The molecule has 0 radical (unpaired) electrons. The fraction of sp³-hybridized carbons (Fsp3) is 0.467. The number of hydrogen-bond donors (Lipinski definition) is 1. The van der Waals surface area contributed by atoms with E-state index in [1.807, 2.05) is 38.1 Å². The van der Waals surface area contributed by atoms with Crippen LogP contribution in [0.5, 0.6) is 11.5 Å². The highest BCUT2D eigenvalue weighted by Gasteiger charge is 2.46. The number of likely N-dealkylation sites (N-methyl/N-ethyl adjacent to an activating group) is 1. The summed E-state index contributed by atoms with van der Waals surface area (Å²) in [6.45, 7) is 13.5. The van der Waals surface area contributed by atoms with Gasteiger partial charge in [0.2, 0.25) is 0 Å². The number of unbranched alkanes of at least 4 members (excludes halogenated alkanes) is 1. The Morgan fingerprint density at radius 3 is 2.16 bits per heavy atom. The molecule has 1 atom stereocenters. The van der Waals surface area contributed by atoms with E-state index < -0.39 is 17.7 Å². The number of Topliss-reactive ketones (excluding diaryl/α,β-unsaturated/α-hetero) is 1. The first-order valence-corrected chi connectivity index (χ1v) is 13.3. The number of amides is 1. The van der Waals surface area contributed by atoms with E-state index in [9.17, 15) is 14.7 Å². The predicted molar refractivity (Wildman–Crippen MR) is 146 cm³/mol. The number of nitrogens with zero attached hydrogens (tertiary/aromatic N) is 2. The van der Waals surface area contributed by atoms with Gasteiger partial charge in [-0.15, -0.1) is 0 Å². The number of rotatable bonds is 13. The van der Waals surface area contributed by atoms with Crippen LogP contribution in [0, 0.1) is 0 Å². The van der Waals surface area contributed by atoms with Crippen molar-refractivity contribution in [2.45, 2.75) is 59.6 Å². The Balaban J connectivity index is 2.00. The molecule has 0 spiro atoms. The maximum Gasteiger partial charge on any atom is 0.295 e. The number of ether oxygens (including phenoxy) is 2. The minimum Gasteiger partial charge on any atom is -0.507 e. The summed E-state index contributed by atoms with van der Waals surface area (Å²) < 4.78 is 11.5. The van der Waals surface area contributed by atoms with Crippen LogP contribution in [0.25, 0.3) is 5.76 Å². The SMILES string of the molecule is CCCCOc1ccc(C2C(=C(O)c3ccc(OC(C)C)cc3)C(=O)C(=O)N2CCN(CC)CC)cc1. The number of carbonyl (C=O) groups excluding carboxylic acids is 2. The van der Waals surface area contributed by atoms with Crippen LogP contribution in [-0.2, 0) is 9.59 Å². The molecule has 0 aliphatic carbocycles. The Bertz CT molecular complexity index is 1070. The van der Waals surface area contributed by atoms with Gasteiger partial charge >= 0.3 is 0 Å². The van der Waals surface area contributed by atoms with Crippen molar-refractivity contribution in [3.8, 4) is 11.5 Å². The molecule has 200 valence electrons. The molecular weight excluding hydrogens is 468 g/mol. The third-order valence-electron chi connectivity index (χ3n) is 6.55. The summed E-state index contributed by atoms with van der Waals surface area (Å²) in [5, 5.41) is 11.3. The molecule has 1 saturated heterocycles. The standard InChI is InChI=1S/C30H40N2O5/c1-6-9-20-36-24-14-10-22(11-15-24)27-26(28(33)23-12-16-25(17-13-23)37-21(4)5)29(34)30(35)32(27)19-18-31(7-2)8-3/h10-17,21,27,33H,6-9,18-20H2,1-5H3. The van der Waals surface area contributed by atoms with Crippen molar-refractivity contribution < 1.29 is 24.2 Å². The Hall–Kier alpha value is -3.32. The summed E-state index contributed by atoms with van der Waals surface area (Å²) in [4.78, 5) is 30.3. The van der Waals surface area contributed by atoms with Gasteiger partial charge in [-0.3, -0.25) is 9.59 Å². The maximum absolute atomic E-state index is 13.3. The van der Waals surface area contributed by atoms with Crippen molar-refractivity contribution in [1.29, 1.82) is 0 Å². The molecule has 0 aromatic heterocycles. The molecule has 0 bridgehead atoms. The maximum atomic E-state index is 13.3. The molecule has 0 saturated carbocycles. The Kier molecular flexibility index (Phi) is 10.1. The molecule has 1 fully saturated rings. The second-order valence-corrected chi connectivity index (χ2v) is 9.48. The second-order valence-electron chi connectivity index (χ2n) is 9.48. The van der Waals surface area contributed by atoms with Gasteiger partial charge in [-0.2, -0.15) is 0 Å². The van der Waals surface area contributed by atoms with Crippen LogP contribution in [0.1, 0.15) is 64.6 Å². The van der Waals surface area contributed by atoms with E-state index in [2.05, 4.69) is 25.7 Å². The van der Waals surface area contributed by atoms with Gasteiger partial charge in [0.1, 0.15) is 17.3 Å². The normalized spacial score (nSPS) is 17.2. The fourth-order valence-corrected chi connectivity index (χ4v) is 4.45. The zero-order chi connectivity index (χ0) is 26.9. The minimum atomic E-state index is -0.688. The van der Waals surface area contributed by atoms with Crippen LogP contribution >= 0.6 is 0 Å². The first kappa shape index (κ1) is 28.3. The molecule has 7 nitrogen and oxygen atoms in total. The predicted octanol–water partition coefficient (Wildman–Crippen LogP) is 5.42. The number of aliphatic hydroxyl groups is 1. The van der Waals surface area contributed by atoms with Crippen LogP contribution in [0.4, 0.5) is 0 Å². The third-order valence-corrected chi connectivity index (χ3v) is 6.55. The van der Waals surface area contributed by atoms with Gasteiger partial charge in [-0.05, 0) is 75.3 Å². The van der Waals surface area contributed by atoms with Gasteiger partial charge < -0.3 is 24.4 Å². The Morgan fingerprint density at radius 1 is 0.973 bits per heavy atom. The van der Waals surface area contributed by atoms with E-state index in [4.69, 9.17) is 9.47 Å². The summed E-state index contributed by atoms with van der Waals surface area (Å²) in [7, 11) is 0. The molecule has 1 aliphatic rings. The molecule has 2 aromatic carbocycles. The van der Waals surface area contributed by atoms with Gasteiger partial charge in [-0.25, -0.2) is 0 Å². The molecule has 2 aromatic rings. The van der Waals surface area contributed by atoms with E-state index in [0.29, 0.717) is 31.0 Å². The van der Waals surface area contributed by atoms with Crippen LogP contribution in [0.15, 0.2) is 54.1 Å². The summed E-state index contributed by atoms with van der Waals surface area (Å²) in [5.41, 5.74) is 1.31.